The molecule has 0 aliphatic carbocycles. The third-order valence-electron chi connectivity index (χ3n) is 1.98. The van der Waals surface area contributed by atoms with Crippen LogP contribution in [0.15, 0.2) is 24.3 Å². The zero-order valence-corrected chi connectivity index (χ0v) is 8.64. The standard InChI is InChI=1S/C10H14FNO.ClH/c11-9-5-2-1-4-8(9)10(12)6-3-7-13;/h1-2,4-5,10,13H,3,6-7,12H2;1H/t10-;/m0./s1. The summed E-state index contributed by atoms with van der Waals surface area (Å²) in [6.45, 7) is 0.0994. The normalized spacial score (nSPS) is 11.9. The number of hydrogen-bond donors (Lipinski definition) is 2. The fourth-order valence-electron chi connectivity index (χ4n) is 1.24. The Labute approximate surface area is 89.3 Å². The third kappa shape index (κ3) is 3.62. The number of halogens is 2. The summed E-state index contributed by atoms with van der Waals surface area (Å²) in [6, 6.07) is 6.16. The van der Waals surface area contributed by atoms with Gasteiger partial charge >= 0.3 is 0 Å². The average Bonchev–Trinajstić information content (AvgIpc) is 2.15. The highest BCUT2D eigenvalue weighted by Crippen LogP contribution is 2.18. The molecule has 0 saturated carbocycles. The molecule has 14 heavy (non-hydrogen) atoms. The van der Waals surface area contributed by atoms with Crippen LogP contribution in [-0.4, -0.2) is 11.7 Å². The molecular formula is C10H15ClFNO. The molecule has 0 bridgehead atoms. The molecule has 0 aromatic heterocycles. The van der Waals surface area contributed by atoms with Crippen molar-refractivity contribution in [2.24, 2.45) is 5.73 Å². The number of aliphatic hydroxyl groups is 1. The van der Waals surface area contributed by atoms with Gasteiger partial charge in [0.25, 0.3) is 0 Å². The topological polar surface area (TPSA) is 46.2 Å². The van der Waals surface area contributed by atoms with E-state index in [-0.39, 0.29) is 30.9 Å². The van der Waals surface area contributed by atoms with Gasteiger partial charge in [0.2, 0.25) is 0 Å². The largest absolute Gasteiger partial charge is 0.396 e. The smallest absolute Gasteiger partial charge is 0.127 e. The van der Waals surface area contributed by atoms with Crippen molar-refractivity contribution in [3.8, 4) is 0 Å². The second-order valence-corrected chi connectivity index (χ2v) is 2.99. The lowest BCUT2D eigenvalue weighted by molar-refractivity contribution is 0.279. The van der Waals surface area contributed by atoms with Crippen LogP contribution >= 0.6 is 12.4 Å². The molecule has 1 rings (SSSR count). The van der Waals surface area contributed by atoms with E-state index < -0.39 is 0 Å². The Bertz CT molecular complexity index is 270. The van der Waals surface area contributed by atoms with Crippen LogP contribution in [0.2, 0.25) is 0 Å². The fraction of sp³-hybridized carbons (Fsp3) is 0.400. The van der Waals surface area contributed by atoms with Crippen LogP contribution in [0, 0.1) is 5.82 Å². The highest BCUT2D eigenvalue weighted by molar-refractivity contribution is 5.85. The number of aliphatic hydroxyl groups excluding tert-OH is 1. The van der Waals surface area contributed by atoms with Crippen molar-refractivity contribution in [3.05, 3.63) is 35.6 Å². The van der Waals surface area contributed by atoms with E-state index in [2.05, 4.69) is 0 Å². The van der Waals surface area contributed by atoms with Gasteiger partial charge in [0.05, 0.1) is 0 Å². The van der Waals surface area contributed by atoms with E-state index in [1.165, 1.54) is 6.07 Å². The summed E-state index contributed by atoms with van der Waals surface area (Å²) in [5.41, 5.74) is 6.25. The fourth-order valence-corrected chi connectivity index (χ4v) is 1.24. The minimum atomic E-state index is -0.312. The van der Waals surface area contributed by atoms with Crippen molar-refractivity contribution in [2.45, 2.75) is 18.9 Å². The molecule has 2 nitrogen and oxygen atoms in total. The highest BCUT2D eigenvalue weighted by atomic mass is 35.5. The van der Waals surface area contributed by atoms with E-state index in [0.29, 0.717) is 18.4 Å². The van der Waals surface area contributed by atoms with Gasteiger partial charge in [0, 0.05) is 18.2 Å². The Morgan fingerprint density at radius 1 is 1.36 bits per heavy atom. The Hall–Kier alpha value is -0.640. The second kappa shape index (κ2) is 6.76. The summed E-state index contributed by atoms with van der Waals surface area (Å²) in [7, 11) is 0. The first kappa shape index (κ1) is 13.4. The maximum absolute atomic E-state index is 13.1. The average molecular weight is 220 g/mol. The monoisotopic (exact) mass is 219 g/mol. The molecule has 0 unspecified atom stereocenters. The van der Waals surface area contributed by atoms with Crippen LogP contribution in [-0.2, 0) is 0 Å². The number of rotatable bonds is 4. The van der Waals surface area contributed by atoms with Crippen molar-refractivity contribution in [1.29, 1.82) is 0 Å². The molecule has 0 heterocycles. The van der Waals surface area contributed by atoms with Gasteiger partial charge in [-0.2, -0.15) is 0 Å². The SMILES string of the molecule is Cl.N[C@@H](CCCO)c1ccccc1F. The van der Waals surface area contributed by atoms with Crippen LogP contribution < -0.4 is 5.73 Å². The first-order valence-electron chi connectivity index (χ1n) is 4.36. The zero-order chi connectivity index (χ0) is 9.68. The predicted molar refractivity (Wildman–Crippen MR) is 56.9 cm³/mol. The molecule has 4 heteroatoms. The van der Waals surface area contributed by atoms with E-state index in [0.717, 1.165) is 0 Å². The van der Waals surface area contributed by atoms with Gasteiger partial charge in [-0.3, -0.25) is 0 Å². The van der Waals surface area contributed by atoms with Gasteiger partial charge < -0.3 is 10.8 Å². The van der Waals surface area contributed by atoms with Gasteiger partial charge in [-0.1, -0.05) is 18.2 Å². The summed E-state index contributed by atoms with van der Waals surface area (Å²) in [4.78, 5) is 0. The van der Waals surface area contributed by atoms with Crippen LogP contribution in [0.1, 0.15) is 24.4 Å². The maximum atomic E-state index is 13.1. The van der Waals surface area contributed by atoms with Crippen LogP contribution in [0.3, 0.4) is 0 Å². The lowest BCUT2D eigenvalue weighted by atomic mass is 10.0. The van der Waals surface area contributed by atoms with E-state index in [1.807, 2.05) is 0 Å². The summed E-state index contributed by atoms with van der Waals surface area (Å²) in [5.74, 6) is -0.270. The molecular weight excluding hydrogens is 205 g/mol. The van der Waals surface area contributed by atoms with Crippen LogP contribution in [0.5, 0.6) is 0 Å². The van der Waals surface area contributed by atoms with Gasteiger partial charge in [0.15, 0.2) is 0 Å². The Morgan fingerprint density at radius 2 is 2.00 bits per heavy atom. The zero-order valence-electron chi connectivity index (χ0n) is 7.82. The van der Waals surface area contributed by atoms with E-state index >= 15 is 0 Å². The van der Waals surface area contributed by atoms with Crippen molar-refractivity contribution >= 4 is 12.4 Å². The molecule has 1 aromatic rings. The second-order valence-electron chi connectivity index (χ2n) is 2.99. The van der Waals surface area contributed by atoms with Crippen molar-refractivity contribution in [3.63, 3.8) is 0 Å². The molecule has 0 aliphatic heterocycles. The summed E-state index contributed by atoms with van der Waals surface area (Å²) >= 11 is 0. The highest BCUT2D eigenvalue weighted by Gasteiger charge is 2.09. The molecule has 0 aliphatic rings. The van der Waals surface area contributed by atoms with Gasteiger partial charge in [0.1, 0.15) is 5.82 Å². The van der Waals surface area contributed by atoms with Gasteiger partial charge in [-0.25, -0.2) is 4.39 Å². The van der Waals surface area contributed by atoms with Crippen LogP contribution in [0.25, 0.3) is 0 Å². The number of nitrogens with two attached hydrogens (primary N) is 1. The molecule has 0 radical (unpaired) electrons. The molecule has 1 atom stereocenters. The maximum Gasteiger partial charge on any atom is 0.127 e. The first-order chi connectivity index (χ1) is 6.25. The molecule has 3 N–H and O–H groups in total. The lowest BCUT2D eigenvalue weighted by Gasteiger charge is -2.11. The Morgan fingerprint density at radius 3 is 2.57 bits per heavy atom. The summed E-state index contributed by atoms with van der Waals surface area (Å²) in [5, 5.41) is 8.58. The summed E-state index contributed by atoms with van der Waals surface area (Å²) < 4.78 is 13.1. The van der Waals surface area contributed by atoms with E-state index in [9.17, 15) is 4.39 Å². The molecule has 1 aromatic carbocycles. The lowest BCUT2D eigenvalue weighted by Crippen LogP contribution is -2.12. The molecule has 80 valence electrons. The molecule has 0 spiro atoms. The molecule has 0 saturated heterocycles. The van der Waals surface area contributed by atoms with Gasteiger partial charge in [-0.15, -0.1) is 12.4 Å². The van der Waals surface area contributed by atoms with Crippen molar-refractivity contribution < 1.29 is 9.50 Å². The Kier molecular flexibility index (Phi) is 6.45. The van der Waals surface area contributed by atoms with E-state index in [4.69, 9.17) is 10.8 Å². The minimum absolute atomic E-state index is 0. The third-order valence-corrected chi connectivity index (χ3v) is 1.98. The first-order valence-corrected chi connectivity index (χ1v) is 4.36. The van der Waals surface area contributed by atoms with Crippen molar-refractivity contribution in [2.75, 3.05) is 6.61 Å². The van der Waals surface area contributed by atoms with Gasteiger partial charge in [-0.05, 0) is 18.9 Å². The quantitative estimate of drug-likeness (QED) is 0.814. The number of benzene rings is 1. The summed E-state index contributed by atoms with van der Waals surface area (Å²) in [6.07, 6.45) is 1.22. The number of hydrogen-bond acceptors (Lipinski definition) is 2. The molecule has 0 amide bonds. The molecule has 0 fully saturated rings. The van der Waals surface area contributed by atoms with Crippen molar-refractivity contribution in [1.82, 2.24) is 0 Å². The van der Waals surface area contributed by atoms with Crippen LogP contribution in [0.4, 0.5) is 4.39 Å². The predicted octanol–water partition coefficient (Wildman–Crippen LogP) is 2.02. The Balaban J connectivity index is 0.00000169. The minimum Gasteiger partial charge on any atom is -0.396 e. The van der Waals surface area contributed by atoms with E-state index in [1.54, 1.807) is 18.2 Å².